The van der Waals surface area contributed by atoms with Gasteiger partial charge in [0.05, 0.1) is 17.6 Å². The van der Waals surface area contributed by atoms with Gasteiger partial charge < -0.3 is 26.2 Å². The number of nitrogens with zero attached hydrogens (tertiary/aromatic N) is 1. The largest absolute Gasteiger partial charge is 0.507 e. The first-order valence-electron chi connectivity index (χ1n) is 17.0. The predicted octanol–water partition coefficient (Wildman–Crippen LogP) is 4.10. The lowest BCUT2D eigenvalue weighted by Gasteiger charge is -2.66. The number of hydrogen-bond acceptors (Lipinski definition) is 8. The van der Waals surface area contributed by atoms with Crippen LogP contribution in [0.4, 0.5) is 0 Å². The number of primary amides is 1. The average Bonchev–Trinajstić information content (AvgIpc) is 2.92. The molecule has 0 bridgehead atoms. The number of Topliss-reactive ketones (excluding diaryl/α,β-unsaturated/α-hetero) is 2. The number of ketones is 2. The molecule has 4 rings (SSSR count). The van der Waals surface area contributed by atoms with Crippen molar-refractivity contribution in [2.75, 3.05) is 13.1 Å². The van der Waals surface area contributed by atoms with Gasteiger partial charge in [-0.05, 0) is 73.1 Å². The summed E-state index contributed by atoms with van der Waals surface area (Å²) in [4.78, 5) is 43.4. The highest BCUT2D eigenvalue weighted by Gasteiger charge is 2.76. The van der Waals surface area contributed by atoms with Gasteiger partial charge in [-0.25, -0.2) is 0 Å². The first-order valence-corrected chi connectivity index (χ1v) is 17.0. The molecular weight excluding hydrogens is 572 g/mol. The summed E-state index contributed by atoms with van der Waals surface area (Å²) in [6, 6.07) is 2.03. The van der Waals surface area contributed by atoms with E-state index in [-0.39, 0.29) is 29.6 Å². The average molecular weight is 629 g/mol. The first kappa shape index (κ1) is 35.5. The zero-order chi connectivity index (χ0) is 33.8. The highest BCUT2D eigenvalue weighted by molar-refractivity contribution is 6.09. The van der Waals surface area contributed by atoms with E-state index in [1.54, 1.807) is 6.92 Å². The van der Waals surface area contributed by atoms with Gasteiger partial charge in [-0.2, -0.15) is 0 Å². The van der Waals surface area contributed by atoms with Crippen LogP contribution >= 0.6 is 0 Å². The number of aromatic hydroxyl groups is 1. The van der Waals surface area contributed by atoms with Crippen molar-refractivity contribution >= 4 is 17.5 Å². The van der Waals surface area contributed by atoms with E-state index >= 15 is 0 Å². The van der Waals surface area contributed by atoms with Gasteiger partial charge in [-0.15, -0.1) is 0 Å². The fourth-order valence-corrected chi connectivity index (χ4v) is 9.60. The van der Waals surface area contributed by atoms with Gasteiger partial charge in [0.1, 0.15) is 17.8 Å². The molecule has 9 heteroatoms. The van der Waals surface area contributed by atoms with E-state index in [0.29, 0.717) is 18.5 Å². The third-order valence-electron chi connectivity index (χ3n) is 11.6. The maximum Gasteiger partial charge on any atom is 0.230 e. The van der Waals surface area contributed by atoms with Gasteiger partial charge in [-0.3, -0.25) is 19.3 Å². The van der Waals surface area contributed by atoms with Crippen LogP contribution in [0.15, 0.2) is 6.07 Å². The number of rotatable bonds is 11. The third kappa shape index (κ3) is 5.45. The zero-order valence-electron chi connectivity index (χ0n) is 28.5. The van der Waals surface area contributed by atoms with Gasteiger partial charge >= 0.3 is 0 Å². The van der Waals surface area contributed by atoms with Crippen LogP contribution in [0.2, 0.25) is 0 Å². The molecule has 9 nitrogen and oxygen atoms in total. The van der Waals surface area contributed by atoms with Crippen molar-refractivity contribution in [1.82, 2.24) is 4.90 Å². The van der Waals surface area contributed by atoms with Crippen LogP contribution in [0, 0.1) is 34.5 Å². The summed E-state index contributed by atoms with van der Waals surface area (Å²) in [7, 11) is 0. The van der Waals surface area contributed by atoms with Crippen LogP contribution in [0.1, 0.15) is 120 Å². The number of fused-ring (bicyclic) bond motifs is 3. The van der Waals surface area contributed by atoms with E-state index in [0.717, 1.165) is 49.9 Å². The molecule has 45 heavy (non-hydrogen) atoms. The second-order valence-corrected chi connectivity index (χ2v) is 15.4. The minimum Gasteiger partial charge on any atom is -0.507 e. The third-order valence-corrected chi connectivity index (χ3v) is 11.6. The Morgan fingerprint density at radius 1 is 1.07 bits per heavy atom. The molecule has 2 unspecified atom stereocenters. The second kappa shape index (κ2) is 12.7. The van der Waals surface area contributed by atoms with Crippen LogP contribution in [0.3, 0.4) is 0 Å². The molecule has 0 radical (unpaired) electrons. The second-order valence-electron chi connectivity index (χ2n) is 15.4. The zero-order valence-corrected chi connectivity index (χ0v) is 28.5. The molecule has 1 amide bonds. The summed E-state index contributed by atoms with van der Waals surface area (Å²) in [5.74, 6) is -6.67. The molecule has 1 aromatic carbocycles. The Labute approximate surface area is 268 Å². The standard InChI is InChI=1S/C36H56N2O7/c1-9-11-13-38(14-12-10-2)17-21-15-22(19(3)4)23-16-34(7)18-35(8)26(20(5)6)30(41)25(33(37)44)31(42)36(35,45)32(43)27(34)29(40)24(23)28(21)39/h15,19-20,25-27,30,32,39,41,43,45H,9-14,16-18H2,1-8H3,(H2,37,44)/t25-,26+,27-,30?,32?,34-,35-,36+/m1/s1. The summed E-state index contributed by atoms with van der Waals surface area (Å²) in [5, 5.41) is 47.6. The van der Waals surface area contributed by atoms with Crippen molar-refractivity contribution in [1.29, 1.82) is 0 Å². The summed E-state index contributed by atoms with van der Waals surface area (Å²) in [5.41, 5.74) is 3.31. The molecule has 252 valence electrons. The number of nitrogens with two attached hydrogens (primary N) is 1. The normalized spacial score (nSPS) is 34.7. The Balaban J connectivity index is 1.90. The minimum absolute atomic E-state index is 0.0460. The van der Waals surface area contributed by atoms with E-state index in [4.69, 9.17) is 5.73 Å². The van der Waals surface area contributed by atoms with Gasteiger partial charge in [0.15, 0.2) is 17.2 Å². The number of hydrogen-bond donors (Lipinski definition) is 5. The number of carbonyl (C=O) groups is 3. The Bertz CT molecular complexity index is 1320. The fourth-order valence-electron chi connectivity index (χ4n) is 9.60. The van der Waals surface area contributed by atoms with Crippen molar-refractivity contribution in [3.63, 3.8) is 0 Å². The molecule has 6 N–H and O–H groups in total. The molecule has 2 fully saturated rings. The van der Waals surface area contributed by atoms with Gasteiger partial charge in [-0.1, -0.05) is 74.3 Å². The quantitative estimate of drug-likeness (QED) is 0.229. The maximum atomic E-state index is 14.7. The molecular formula is C36H56N2O7. The molecule has 0 saturated heterocycles. The van der Waals surface area contributed by atoms with E-state index in [9.17, 15) is 34.8 Å². The fraction of sp³-hybridized carbons (Fsp3) is 0.750. The number of amides is 1. The Hall–Kier alpha value is -2.33. The smallest absolute Gasteiger partial charge is 0.230 e. The van der Waals surface area contributed by atoms with Crippen LogP contribution in [0.5, 0.6) is 5.75 Å². The Morgan fingerprint density at radius 3 is 2.13 bits per heavy atom. The van der Waals surface area contributed by atoms with E-state index in [2.05, 4.69) is 32.6 Å². The monoisotopic (exact) mass is 628 g/mol. The molecule has 8 atom stereocenters. The maximum absolute atomic E-state index is 14.7. The van der Waals surface area contributed by atoms with Crippen molar-refractivity contribution in [2.24, 2.45) is 40.2 Å². The molecule has 0 aromatic heterocycles. The van der Waals surface area contributed by atoms with Crippen LogP contribution < -0.4 is 5.73 Å². The number of unbranched alkanes of at least 4 members (excludes halogenated alkanes) is 2. The van der Waals surface area contributed by atoms with Crippen LogP contribution in [-0.2, 0) is 22.6 Å². The lowest BCUT2D eigenvalue weighted by Crippen LogP contribution is -2.79. The summed E-state index contributed by atoms with van der Waals surface area (Å²) >= 11 is 0. The van der Waals surface area contributed by atoms with Gasteiger partial charge in [0, 0.05) is 17.5 Å². The van der Waals surface area contributed by atoms with Crippen molar-refractivity contribution < 1.29 is 34.8 Å². The van der Waals surface area contributed by atoms with Gasteiger partial charge in [0.2, 0.25) is 5.91 Å². The van der Waals surface area contributed by atoms with Crippen molar-refractivity contribution in [2.45, 2.75) is 124 Å². The summed E-state index contributed by atoms with van der Waals surface area (Å²) in [6.07, 6.45) is 1.27. The molecule has 3 aliphatic carbocycles. The van der Waals surface area contributed by atoms with E-state index in [1.165, 1.54) is 0 Å². The van der Waals surface area contributed by atoms with Gasteiger partial charge in [0.25, 0.3) is 0 Å². The number of phenols is 1. The number of carbonyl (C=O) groups excluding carboxylic acids is 3. The minimum atomic E-state index is -2.51. The highest BCUT2D eigenvalue weighted by Crippen LogP contribution is 2.66. The van der Waals surface area contributed by atoms with Crippen molar-refractivity contribution in [3.8, 4) is 5.75 Å². The number of aliphatic hydroxyl groups excluding tert-OH is 2. The number of aliphatic hydroxyl groups is 3. The Morgan fingerprint density at radius 2 is 1.64 bits per heavy atom. The molecule has 3 aliphatic rings. The lowest BCUT2D eigenvalue weighted by atomic mass is 9.39. The SMILES string of the molecule is CCCCN(CCCC)Cc1cc(C(C)C)c2c(c1O)C(=O)[C@@H]1C(O)[C@@]3(O)C(=O)[C@H](C(N)=O)C(O)[C@H](C(C)C)[C@@]3(C)C[C@@]1(C)C2. The number of benzene rings is 1. The van der Waals surface area contributed by atoms with E-state index in [1.807, 2.05) is 26.8 Å². The predicted molar refractivity (Wildman–Crippen MR) is 173 cm³/mol. The Kier molecular flexibility index (Phi) is 10.0. The number of phenolic OH excluding ortho intramolecular Hbond substituents is 1. The molecule has 0 spiro atoms. The molecule has 0 heterocycles. The summed E-state index contributed by atoms with van der Waals surface area (Å²) in [6.45, 7) is 17.9. The van der Waals surface area contributed by atoms with E-state index < -0.39 is 63.9 Å². The highest BCUT2D eigenvalue weighted by atomic mass is 16.4. The summed E-state index contributed by atoms with van der Waals surface area (Å²) < 4.78 is 0. The van der Waals surface area contributed by atoms with Crippen LogP contribution in [0.25, 0.3) is 0 Å². The lowest BCUT2D eigenvalue weighted by molar-refractivity contribution is -0.265. The molecule has 2 saturated carbocycles. The molecule has 0 aliphatic heterocycles. The molecule has 1 aromatic rings. The van der Waals surface area contributed by atoms with Crippen molar-refractivity contribution in [3.05, 3.63) is 28.3 Å². The van der Waals surface area contributed by atoms with Crippen LogP contribution in [-0.4, -0.2) is 73.7 Å². The first-order chi connectivity index (χ1) is 20.9. The topological polar surface area (TPSA) is 161 Å².